The molecule has 0 unspecified atom stereocenters. The van der Waals surface area contributed by atoms with E-state index in [0.717, 1.165) is 5.56 Å². The minimum Gasteiger partial charge on any atom is -0.762 e. The van der Waals surface area contributed by atoms with Gasteiger partial charge in [-0.05, 0) is 24.1 Å². The van der Waals surface area contributed by atoms with E-state index >= 15 is 0 Å². The molecule has 0 spiro atoms. The van der Waals surface area contributed by atoms with Gasteiger partial charge in [-0.1, -0.05) is 12.1 Å². The van der Waals surface area contributed by atoms with Gasteiger partial charge in [0.05, 0.1) is 13.2 Å². The summed E-state index contributed by atoms with van der Waals surface area (Å²) in [5, 5.41) is 78.5. The predicted octanol–water partition coefficient (Wildman–Crippen LogP) is -2.94. The Morgan fingerprint density at radius 2 is 1.44 bits per heavy atom. The summed E-state index contributed by atoms with van der Waals surface area (Å²) in [6.07, 6.45) is -12.1. The Morgan fingerprint density at radius 1 is 0.844 bits per heavy atom. The van der Waals surface area contributed by atoms with Gasteiger partial charge in [-0.2, -0.15) is 0 Å². The number of hydrogen-bond donors (Lipinski definition) is 7. The summed E-state index contributed by atoms with van der Waals surface area (Å²) in [4.78, 5) is 0. The van der Waals surface area contributed by atoms with E-state index in [1.165, 1.54) is 0 Å². The molecule has 13 nitrogen and oxygen atoms in total. The molecule has 2 saturated heterocycles. The minimum atomic E-state index is -1.63. The summed E-state index contributed by atoms with van der Waals surface area (Å²) >= 11 is 0. The molecule has 182 valence electrons. The lowest BCUT2D eigenvalue weighted by molar-refractivity contribution is -0.290. The molecule has 13 heteroatoms. The van der Waals surface area contributed by atoms with Crippen molar-refractivity contribution in [3.05, 3.63) is 35.0 Å². The molecule has 0 aliphatic carbocycles. The quantitative estimate of drug-likeness (QED) is 0.184. The van der Waals surface area contributed by atoms with Gasteiger partial charge in [0.1, 0.15) is 48.5 Å². The van der Waals surface area contributed by atoms with Crippen molar-refractivity contribution in [1.82, 2.24) is 5.23 Å². The molecule has 7 N–H and O–H groups in total. The Labute approximate surface area is 183 Å². The third kappa shape index (κ3) is 5.91. The van der Waals surface area contributed by atoms with Crippen molar-refractivity contribution >= 4 is 0 Å². The SMILES string of the molecule is [O-]N(O)CCc1ccc(O[C@H]2O[C@@H](CO[C@@H]3O[C@H](CO)[C@H](O)[C@@H]3O)[C@H](O)[C@@H](O)[C@@H]2O)cc1. The lowest BCUT2D eigenvalue weighted by Gasteiger charge is -2.40. The number of aliphatic hydroxyl groups excluding tert-OH is 6. The van der Waals surface area contributed by atoms with Crippen molar-refractivity contribution in [2.75, 3.05) is 19.8 Å². The van der Waals surface area contributed by atoms with Gasteiger partial charge < -0.3 is 60.0 Å². The number of rotatable bonds is 9. The largest absolute Gasteiger partial charge is 0.762 e. The molecule has 1 aromatic carbocycles. The molecule has 0 radical (unpaired) electrons. The number of hydroxylamine groups is 2. The zero-order chi connectivity index (χ0) is 23.4. The van der Waals surface area contributed by atoms with Crippen LogP contribution in [0.2, 0.25) is 0 Å². The summed E-state index contributed by atoms with van der Waals surface area (Å²) in [5.74, 6) is 0.271. The van der Waals surface area contributed by atoms with Crippen molar-refractivity contribution in [1.29, 1.82) is 0 Å². The summed E-state index contributed by atoms with van der Waals surface area (Å²) in [6.45, 7) is -1.02. The fourth-order valence-corrected chi connectivity index (χ4v) is 3.44. The summed E-state index contributed by atoms with van der Waals surface area (Å²) < 4.78 is 21.6. The maximum atomic E-state index is 10.6. The molecule has 0 bridgehead atoms. The van der Waals surface area contributed by atoms with Crippen molar-refractivity contribution in [3.63, 3.8) is 0 Å². The zero-order valence-electron chi connectivity index (χ0n) is 17.0. The van der Waals surface area contributed by atoms with Crippen LogP contribution in [0.4, 0.5) is 0 Å². The molecule has 3 rings (SSSR count). The third-order valence-electron chi connectivity index (χ3n) is 5.36. The maximum absolute atomic E-state index is 10.6. The molecule has 2 heterocycles. The molecule has 1 aromatic rings. The van der Waals surface area contributed by atoms with Crippen molar-refractivity contribution < 1.29 is 54.8 Å². The number of hydrogen-bond acceptors (Lipinski definition) is 13. The van der Waals surface area contributed by atoms with E-state index in [9.17, 15) is 30.7 Å². The van der Waals surface area contributed by atoms with Gasteiger partial charge in [0, 0.05) is 6.54 Å². The maximum Gasteiger partial charge on any atom is 0.229 e. The second-order valence-electron chi connectivity index (χ2n) is 7.64. The monoisotopic (exact) mass is 462 g/mol. The fourth-order valence-electron chi connectivity index (χ4n) is 3.44. The summed E-state index contributed by atoms with van der Waals surface area (Å²) in [6, 6.07) is 6.36. The number of nitrogens with zero attached hydrogens (tertiary/aromatic N) is 1. The smallest absolute Gasteiger partial charge is 0.229 e. The number of aliphatic hydroxyl groups is 6. The molecule has 0 aromatic heterocycles. The van der Waals surface area contributed by atoms with Crippen LogP contribution in [0.25, 0.3) is 0 Å². The highest BCUT2D eigenvalue weighted by Crippen LogP contribution is 2.27. The molecule has 32 heavy (non-hydrogen) atoms. The molecule has 2 fully saturated rings. The van der Waals surface area contributed by atoms with Crippen molar-refractivity contribution in [2.24, 2.45) is 0 Å². The Bertz CT molecular complexity index is 706. The Hall–Kier alpha value is -1.46. The lowest BCUT2D eigenvalue weighted by atomic mass is 9.99. The highest BCUT2D eigenvalue weighted by molar-refractivity contribution is 5.27. The normalized spacial score (nSPS) is 37.7. The van der Waals surface area contributed by atoms with E-state index < -0.39 is 61.9 Å². The third-order valence-corrected chi connectivity index (χ3v) is 5.36. The molecule has 0 amide bonds. The first-order valence-electron chi connectivity index (χ1n) is 10.0. The Morgan fingerprint density at radius 3 is 2.03 bits per heavy atom. The highest BCUT2D eigenvalue weighted by Gasteiger charge is 2.47. The first-order valence-corrected chi connectivity index (χ1v) is 10.0. The summed E-state index contributed by atoms with van der Waals surface area (Å²) in [7, 11) is 0. The molecule has 9 atom stereocenters. The first-order chi connectivity index (χ1) is 15.2. The molecule has 2 aliphatic heterocycles. The standard InChI is InChI=1S/C19H28NO12/c21-7-11-13(22)16(25)18(31-11)29-8-12-14(23)15(24)17(26)19(32-12)30-10-3-1-9(2-4-10)5-6-20(27)28/h1-4,11-19,21-27H,5-8H2/q-1/t11-,12+,13+,14+,15-,16+,17+,18-,19+/m1/s1. The van der Waals surface area contributed by atoms with Crippen LogP contribution in [0.15, 0.2) is 24.3 Å². The van der Waals surface area contributed by atoms with Gasteiger partial charge >= 0.3 is 0 Å². The van der Waals surface area contributed by atoms with Gasteiger partial charge in [0.25, 0.3) is 0 Å². The average Bonchev–Trinajstić information content (AvgIpc) is 3.06. The van der Waals surface area contributed by atoms with Crippen LogP contribution in [0.3, 0.4) is 0 Å². The minimum absolute atomic E-state index is 0.105. The van der Waals surface area contributed by atoms with E-state index in [0.29, 0.717) is 6.42 Å². The second kappa shape index (κ2) is 11.1. The van der Waals surface area contributed by atoms with Crippen LogP contribution >= 0.6 is 0 Å². The molecular weight excluding hydrogens is 434 g/mol. The van der Waals surface area contributed by atoms with Gasteiger partial charge in [-0.3, -0.25) is 5.23 Å². The zero-order valence-corrected chi connectivity index (χ0v) is 17.0. The van der Waals surface area contributed by atoms with E-state index in [2.05, 4.69) is 0 Å². The van der Waals surface area contributed by atoms with Crippen molar-refractivity contribution in [2.45, 2.75) is 61.7 Å². The fraction of sp³-hybridized carbons (Fsp3) is 0.684. The van der Waals surface area contributed by atoms with Crippen LogP contribution in [-0.2, 0) is 20.6 Å². The van der Waals surface area contributed by atoms with Crippen molar-refractivity contribution in [3.8, 4) is 5.75 Å². The van der Waals surface area contributed by atoms with E-state index in [1.807, 2.05) is 0 Å². The Balaban J connectivity index is 1.58. The predicted molar refractivity (Wildman–Crippen MR) is 103 cm³/mol. The van der Waals surface area contributed by atoms with Crippen LogP contribution in [0, 0.1) is 5.21 Å². The molecule has 0 saturated carbocycles. The van der Waals surface area contributed by atoms with E-state index in [4.69, 9.17) is 29.3 Å². The number of ether oxygens (including phenoxy) is 4. The average molecular weight is 462 g/mol. The lowest BCUT2D eigenvalue weighted by Crippen LogP contribution is -2.60. The van der Waals surface area contributed by atoms with Crippen LogP contribution in [0.5, 0.6) is 5.75 Å². The van der Waals surface area contributed by atoms with Crippen LogP contribution in [-0.4, -0.2) is 116 Å². The summed E-state index contributed by atoms with van der Waals surface area (Å²) in [5.41, 5.74) is 0.748. The molecular formula is C19H28NO12-. The van der Waals surface area contributed by atoms with Gasteiger partial charge in [-0.15, -0.1) is 0 Å². The second-order valence-corrected chi connectivity index (χ2v) is 7.64. The van der Waals surface area contributed by atoms with Gasteiger partial charge in [-0.25, -0.2) is 0 Å². The highest BCUT2D eigenvalue weighted by atomic mass is 16.8. The van der Waals surface area contributed by atoms with E-state index in [-0.39, 0.29) is 24.1 Å². The Kier molecular flexibility index (Phi) is 8.74. The van der Waals surface area contributed by atoms with Crippen LogP contribution < -0.4 is 4.74 Å². The number of benzene rings is 1. The van der Waals surface area contributed by atoms with E-state index in [1.54, 1.807) is 24.3 Å². The van der Waals surface area contributed by atoms with Gasteiger partial charge in [0.15, 0.2) is 6.29 Å². The first kappa shape index (κ1) is 25.2. The van der Waals surface area contributed by atoms with Crippen LogP contribution in [0.1, 0.15) is 5.56 Å². The topological polar surface area (TPSA) is 205 Å². The molecule has 2 aliphatic rings. The van der Waals surface area contributed by atoms with Gasteiger partial charge in [0.2, 0.25) is 6.29 Å².